The van der Waals surface area contributed by atoms with Gasteiger partial charge in [0, 0.05) is 17.8 Å². The summed E-state index contributed by atoms with van der Waals surface area (Å²) < 4.78 is 52.0. The first-order valence-electron chi connectivity index (χ1n) is 6.38. The molecule has 0 saturated carbocycles. The summed E-state index contributed by atoms with van der Waals surface area (Å²) in [6.45, 7) is 0. The molecule has 23 heavy (non-hydrogen) atoms. The smallest absolute Gasteiger partial charge is 0.416 e. The van der Waals surface area contributed by atoms with E-state index in [-0.39, 0.29) is 16.3 Å². The van der Waals surface area contributed by atoms with Gasteiger partial charge in [0.05, 0.1) is 17.0 Å². The number of hydrogen-bond acceptors (Lipinski definition) is 2. The fraction of sp³-hybridized carbons (Fsp3) is 0.200. The average Bonchev–Trinajstić information content (AvgIpc) is 2.44. The van der Waals surface area contributed by atoms with Crippen LogP contribution in [0.1, 0.15) is 29.2 Å². The maximum absolute atomic E-state index is 13.5. The van der Waals surface area contributed by atoms with Crippen LogP contribution in [0.15, 0.2) is 36.5 Å². The van der Waals surface area contributed by atoms with Gasteiger partial charge in [0.25, 0.3) is 0 Å². The molecule has 3 nitrogen and oxygen atoms in total. The number of carbonyl (C=O) groups is 1. The predicted octanol–water partition coefficient (Wildman–Crippen LogP) is 4.50. The summed E-state index contributed by atoms with van der Waals surface area (Å²) in [5.74, 6) is -3.37. The van der Waals surface area contributed by atoms with Crippen LogP contribution in [0.4, 0.5) is 17.6 Å². The Morgan fingerprint density at radius 3 is 2.48 bits per heavy atom. The van der Waals surface area contributed by atoms with E-state index in [1.807, 2.05) is 0 Å². The van der Waals surface area contributed by atoms with Gasteiger partial charge in [0.2, 0.25) is 0 Å². The van der Waals surface area contributed by atoms with Crippen LogP contribution in [0.3, 0.4) is 0 Å². The molecule has 0 saturated heterocycles. The van der Waals surface area contributed by atoms with E-state index in [9.17, 15) is 22.4 Å². The van der Waals surface area contributed by atoms with E-state index in [0.29, 0.717) is 6.07 Å². The van der Waals surface area contributed by atoms with Crippen molar-refractivity contribution in [3.05, 3.63) is 64.2 Å². The number of rotatable bonds is 4. The minimum absolute atomic E-state index is 0.116. The molecular formula is C15H10ClF4NO2. The molecule has 1 unspecified atom stereocenters. The number of benzene rings is 1. The Morgan fingerprint density at radius 2 is 1.96 bits per heavy atom. The van der Waals surface area contributed by atoms with Gasteiger partial charge in [-0.2, -0.15) is 13.2 Å². The predicted molar refractivity (Wildman–Crippen MR) is 74.7 cm³/mol. The van der Waals surface area contributed by atoms with Gasteiger partial charge in [-0.25, -0.2) is 4.39 Å². The first kappa shape index (κ1) is 17.2. The third-order valence-electron chi connectivity index (χ3n) is 3.14. The van der Waals surface area contributed by atoms with E-state index in [1.165, 1.54) is 18.3 Å². The number of alkyl halides is 3. The van der Waals surface area contributed by atoms with E-state index in [4.69, 9.17) is 16.7 Å². The number of carboxylic acids is 1. The molecule has 0 bridgehead atoms. The van der Waals surface area contributed by atoms with Crippen molar-refractivity contribution in [2.45, 2.75) is 18.5 Å². The van der Waals surface area contributed by atoms with Crippen LogP contribution in [0.25, 0.3) is 0 Å². The minimum Gasteiger partial charge on any atom is -0.481 e. The molecule has 1 atom stereocenters. The standard InChI is InChI=1S/C15H10ClF4NO2/c16-10-1-2-13(21-7-10)12(6-14(22)23)8-3-9(15(18,19)20)5-11(17)4-8/h1-5,7,12H,6H2,(H,22,23). The topological polar surface area (TPSA) is 50.2 Å². The summed E-state index contributed by atoms with van der Waals surface area (Å²) in [5, 5.41) is 9.28. The lowest BCUT2D eigenvalue weighted by atomic mass is 9.90. The third kappa shape index (κ3) is 4.41. The Hall–Kier alpha value is -2.15. The van der Waals surface area contributed by atoms with Crippen LogP contribution in [0.5, 0.6) is 0 Å². The van der Waals surface area contributed by atoms with Gasteiger partial charge in [-0.05, 0) is 35.9 Å². The Kier molecular flexibility index (Phi) is 4.89. The number of aliphatic carboxylic acids is 1. The van der Waals surface area contributed by atoms with Crippen molar-refractivity contribution in [2.24, 2.45) is 0 Å². The number of aromatic nitrogens is 1. The number of hydrogen-bond donors (Lipinski definition) is 1. The molecular weight excluding hydrogens is 338 g/mol. The Balaban J connectivity index is 2.53. The molecule has 1 aromatic carbocycles. The second-order valence-corrected chi connectivity index (χ2v) is 5.26. The highest BCUT2D eigenvalue weighted by Gasteiger charge is 2.32. The second-order valence-electron chi connectivity index (χ2n) is 4.82. The van der Waals surface area contributed by atoms with Crippen LogP contribution >= 0.6 is 11.6 Å². The zero-order valence-electron chi connectivity index (χ0n) is 11.4. The molecule has 8 heteroatoms. The first-order chi connectivity index (χ1) is 10.7. The van der Waals surface area contributed by atoms with Gasteiger partial charge >= 0.3 is 12.1 Å². The van der Waals surface area contributed by atoms with E-state index >= 15 is 0 Å². The maximum atomic E-state index is 13.5. The van der Waals surface area contributed by atoms with Gasteiger partial charge in [0.15, 0.2) is 0 Å². The van der Waals surface area contributed by atoms with Gasteiger partial charge < -0.3 is 5.11 Å². The summed E-state index contributed by atoms with van der Waals surface area (Å²) in [4.78, 5) is 15.0. The van der Waals surface area contributed by atoms with Crippen molar-refractivity contribution in [3.63, 3.8) is 0 Å². The Morgan fingerprint density at radius 1 is 1.26 bits per heavy atom. The molecule has 1 aromatic heterocycles. The molecule has 0 amide bonds. The highest BCUT2D eigenvalue weighted by Crippen LogP contribution is 2.34. The van der Waals surface area contributed by atoms with E-state index in [0.717, 1.165) is 12.1 Å². The summed E-state index contributed by atoms with van der Waals surface area (Å²) in [5.41, 5.74) is -1.11. The highest BCUT2D eigenvalue weighted by molar-refractivity contribution is 6.30. The number of nitrogens with zero attached hydrogens (tertiary/aromatic N) is 1. The highest BCUT2D eigenvalue weighted by atomic mass is 35.5. The fourth-order valence-corrected chi connectivity index (χ4v) is 2.25. The Labute approximate surface area is 133 Å². The third-order valence-corrected chi connectivity index (χ3v) is 3.36. The van der Waals surface area contributed by atoms with Crippen LogP contribution in [-0.4, -0.2) is 16.1 Å². The zero-order valence-corrected chi connectivity index (χ0v) is 12.2. The molecule has 2 aromatic rings. The van der Waals surface area contributed by atoms with Crippen LogP contribution in [0.2, 0.25) is 5.02 Å². The van der Waals surface area contributed by atoms with E-state index in [1.54, 1.807) is 0 Å². The maximum Gasteiger partial charge on any atom is 0.416 e. The number of carboxylic acid groups (broad SMARTS) is 1. The number of pyridine rings is 1. The van der Waals surface area contributed by atoms with Crippen LogP contribution in [0, 0.1) is 5.82 Å². The van der Waals surface area contributed by atoms with Gasteiger partial charge in [-0.3, -0.25) is 9.78 Å². The summed E-state index contributed by atoms with van der Waals surface area (Å²) in [6.07, 6.45) is -4.02. The molecule has 0 aliphatic heterocycles. The van der Waals surface area contributed by atoms with E-state index < -0.39 is 35.9 Å². The minimum atomic E-state index is -4.74. The molecule has 0 radical (unpaired) electrons. The summed E-state index contributed by atoms with van der Waals surface area (Å²) in [7, 11) is 0. The lowest BCUT2D eigenvalue weighted by Crippen LogP contribution is -2.12. The molecule has 2 rings (SSSR count). The second kappa shape index (κ2) is 6.54. The van der Waals surface area contributed by atoms with Gasteiger partial charge in [0.1, 0.15) is 5.82 Å². The summed E-state index contributed by atoms with van der Waals surface area (Å²) in [6, 6.07) is 4.79. The van der Waals surface area contributed by atoms with Crippen molar-refractivity contribution in [2.75, 3.05) is 0 Å². The molecule has 0 aliphatic rings. The SMILES string of the molecule is O=C(O)CC(c1cc(F)cc(C(F)(F)F)c1)c1ccc(Cl)cn1. The quantitative estimate of drug-likeness (QED) is 0.828. The summed E-state index contributed by atoms with van der Waals surface area (Å²) >= 11 is 5.69. The lowest BCUT2D eigenvalue weighted by Gasteiger charge is -2.17. The molecule has 122 valence electrons. The van der Waals surface area contributed by atoms with Gasteiger partial charge in [-0.15, -0.1) is 0 Å². The molecule has 0 aliphatic carbocycles. The molecule has 1 N–H and O–H groups in total. The zero-order chi connectivity index (χ0) is 17.2. The average molecular weight is 348 g/mol. The number of halogens is 5. The fourth-order valence-electron chi connectivity index (χ4n) is 2.14. The first-order valence-corrected chi connectivity index (χ1v) is 6.75. The van der Waals surface area contributed by atoms with Crippen LogP contribution in [-0.2, 0) is 11.0 Å². The van der Waals surface area contributed by atoms with E-state index in [2.05, 4.69) is 4.98 Å². The molecule has 0 fully saturated rings. The van der Waals surface area contributed by atoms with Crippen molar-refractivity contribution in [1.29, 1.82) is 0 Å². The van der Waals surface area contributed by atoms with Crippen molar-refractivity contribution in [3.8, 4) is 0 Å². The Bertz CT molecular complexity index is 716. The lowest BCUT2D eigenvalue weighted by molar-refractivity contribution is -0.138. The monoisotopic (exact) mass is 347 g/mol. The van der Waals surface area contributed by atoms with Crippen molar-refractivity contribution < 1.29 is 27.5 Å². The van der Waals surface area contributed by atoms with Gasteiger partial charge in [-0.1, -0.05) is 11.6 Å². The van der Waals surface area contributed by atoms with Crippen molar-refractivity contribution in [1.82, 2.24) is 4.98 Å². The van der Waals surface area contributed by atoms with Crippen molar-refractivity contribution >= 4 is 17.6 Å². The molecule has 0 spiro atoms. The normalized spacial score (nSPS) is 12.9. The molecule has 1 heterocycles. The van der Waals surface area contributed by atoms with Crippen LogP contribution < -0.4 is 0 Å². The largest absolute Gasteiger partial charge is 0.481 e.